The number of hydrogen-bond acceptors (Lipinski definition) is 6. The van der Waals surface area contributed by atoms with Gasteiger partial charge in [-0.05, 0) is 43.2 Å². The fraction of sp³-hybridized carbons (Fsp3) is 0.370. The van der Waals surface area contributed by atoms with Gasteiger partial charge in [0.25, 0.3) is 0 Å². The number of carbonyl (C=O) groups is 1. The second kappa shape index (κ2) is 10.4. The molecule has 0 atom stereocenters. The molecule has 0 saturated carbocycles. The molecule has 1 aliphatic rings. The van der Waals surface area contributed by atoms with E-state index in [9.17, 15) is 4.79 Å². The number of rotatable bonds is 8. The zero-order valence-electron chi connectivity index (χ0n) is 20.1. The van der Waals surface area contributed by atoms with Gasteiger partial charge < -0.3 is 18.6 Å². The maximum Gasteiger partial charge on any atom is 0.338 e. The second-order valence-corrected chi connectivity index (χ2v) is 8.79. The summed E-state index contributed by atoms with van der Waals surface area (Å²) in [5, 5.41) is 10.1. The summed E-state index contributed by atoms with van der Waals surface area (Å²) in [6, 6.07) is 15.7. The van der Waals surface area contributed by atoms with Crippen LogP contribution >= 0.6 is 0 Å². The lowest BCUT2D eigenvalue weighted by atomic mass is 10.1. The molecule has 0 spiro atoms. The Kier molecular flexibility index (Phi) is 6.92. The number of esters is 1. The first kappa shape index (κ1) is 23.3. The number of benzene rings is 2. The maximum atomic E-state index is 12.5. The first-order chi connectivity index (χ1) is 17.2. The minimum atomic E-state index is -0.348. The molecule has 4 aromatic rings. The zero-order valence-corrected chi connectivity index (χ0v) is 20.1. The summed E-state index contributed by atoms with van der Waals surface area (Å²) in [6.07, 6.45) is 2.73. The second-order valence-electron chi connectivity index (χ2n) is 8.79. The summed E-state index contributed by atoms with van der Waals surface area (Å²) in [7, 11) is 0. The Morgan fingerprint density at radius 2 is 1.89 bits per heavy atom. The van der Waals surface area contributed by atoms with Crippen LogP contribution in [-0.4, -0.2) is 64.4 Å². The number of aromatic nitrogens is 3. The van der Waals surface area contributed by atoms with Crippen molar-refractivity contribution in [2.24, 2.45) is 0 Å². The summed E-state index contributed by atoms with van der Waals surface area (Å²) in [4.78, 5) is 19.5. The highest BCUT2D eigenvalue weighted by atomic mass is 16.5. The van der Waals surface area contributed by atoms with E-state index in [1.165, 1.54) is 0 Å². The molecule has 0 aliphatic carbocycles. The number of para-hydroxylation sites is 1. The molecule has 182 valence electrons. The Bertz CT molecular complexity index is 1400. The summed E-state index contributed by atoms with van der Waals surface area (Å²) < 4.78 is 14.7. The molecule has 0 amide bonds. The fourth-order valence-electron chi connectivity index (χ4n) is 4.81. The number of aryl methyl sites for hydroxylation is 1. The van der Waals surface area contributed by atoms with Gasteiger partial charge in [-0.2, -0.15) is 0 Å². The van der Waals surface area contributed by atoms with Crippen molar-refractivity contribution in [3.63, 3.8) is 0 Å². The van der Waals surface area contributed by atoms with Crippen molar-refractivity contribution in [3.05, 3.63) is 71.5 Å². The molecule has 2 aromatic carbocycles. The van der Waals surface area contributed by atoms with Gasteiger partial charge in [0.1, 0.15) is 0 Å². The van der Waals surface area contributed by atoms with E-state index in [0.717, 1.165) is 73.3 Å². The molecule has 0 radical (unpaired) electrons. The molecule has 2 aromatic heterocycles. The standard InChI is InChI=1S/C27H31N5O3/c1-2-35-26(33)21-9-10-23-24(18-21)32(19-22-7-3-6-20-8-4-11-29-25(20)22)27(28)31(23)13-5-12-30-14-16-34-17-15-30/h3-4,6-11,18,28H,2,5,12-17,19H2,1H3. The average molecular weight is 474 g/mol. The van der Waals surface area contributed by atoms with Crippen molar-refractivity contribution >= 4 is 27.9 Å². The van der Waals surface area contributed by atoms with Gasteiger partial charge in [0.05, 0.1) is 48.5 Å². The molecule has 1 N–H and O–H groups in total. The predicted molar refractivity (Wildman–Crippen MR) is 134 cm³/mol. The number of carbonyl (C=O) groups excluding carboxylic acids is 1. The number of fused-ring (bicyclic) bond motifs is 2. The van der Waals surface area contributed by atoms with Crippen LogP contribution in [0.5, 0.6) is 0 Å². The lowest BCUT2D eigenvalue weighted by molar-refractivity contribution is 0.0369. The molecular weight excluding hydrogens is 442 g/mol. The van der Waals surface area contributed by atoms with E-state index < -0.39 is 0 Å². The average Bonchev–Trinajstić information content (AvgIpc) is 3.15. The number of hydrogen-bond donors (Lipinski definition) is 1. The minimum absolute atomic E-state index is 0.324. The van der Waals surface area contributed by atoms with Crippen molar-refractivity contribution in [2.45, 2.75) is 26.4 Å². The number of ether oxygens (including phenoxy) is 2. The molecule has 1 saturated heterocycles. The third kappa shape index (κ3) is 4.85. The zero-order chi connectivity index (χ0) is 24.2. The molecule has 0 unspecified atom stereocenters. The third-order valence-electron chi connectivity index (χ3n) is 6.58. The number of morpholine rings is 1. The van der Waals surface area contributed by atoms with E-state index in [2.05, 4.69) is 16.0 Å². The Labute approximate surface area is 204 Å². The van der Waals surface area contributed by atoms with E-state index in [1.807, 2.05) is 45.5 Å². The molecule has 0 bridgehead atoms. The molecule has 5 rings (SSSR count). The van der Waals surface area contributed by atoms with Crippen LogP contribution < -0.4 is 5.62 Å². The van der Waals surface area contributed by atoms with Crippen LogP contribution in [0.3, 0.4) is 0 Å². The van der Waals surface area contributed by atoms with Crippen molar-refractivity contribution in [1.82, 2.24) is 19.0 Å². The molecule has 1 aliphatic heterocycles. The van der Waals surface area contributed by atoms with Crippen molar-refractivity contribution in [3.8, 4) is 0 Å². The van der Waals surface area contributed by atoms with Crippen LogP contribution in [0.4, 0.5) is 0 Å². The predicted octanol–water partition coefficient (Wildman–Crippen LogP) is 3.42. The number of pyridine rings is 1. The highest BCUT2D eigenvalue weighted by Gasteiger charge is 2.17. The monoisotopic (exact) mass is 473 g/mol. The number of nitrogens with zero attached hydrogens (tertiary/aromatic N) is 4. The Morgan fingerprint density at radius 1 is 1.06 bits per heavy atom. The Hall–Kier alpha value is -3.49. The first-order valence-electron chi connectivity index (χ1n) is 12.2. The Balaban J connectivity index is 1.52. The SMILES string of the molecule is CCOC(=O)c1ccc2c(c1)n(Cc1cccc3cccnc13)c(=N)n2CCCN1CCOCC1. The number of imidazole rings is 1. The molecule has 8 heteroatoms. The van der Waals surface area contributed by atoms with E-state index >= 15 is 0 Å². The van der Waals surface area contributed by atoms with Crippen LogP contribution in [0, 0.1) is 5.41 Å². The van der Waals surface area contributed by atoms with Gasteiger partial charge in [-0.1, -0.05) is 24.3 Å². The fourth-order valence-corrected chi connectivity index (χ4v) is 4.81. The summed E-state index contributed by atoms with van der Waals surface area (Å²) in [5.74, 6) is -0.348. The van der Waals surface area contributed by atoms with Gasteiger partial charge in [0.15, 0.2) is 0 Å². The molecule has 1 fully saturated rings. The number of nitrogens with one attached hydrogen (secondary N) is 1. The Morgan fingerprint density at radius 3 is 2.71 bits per heavy atom. The van der Waals surface area contributed by atoms with E-state index in [-0.39, 0.29) is 5.97 Å². The van der Waals surface area contributed by atoms with Gasteiger partial charge in [-0.25, -0.2) is 4.79 Å². The summed E-state index contributed by atoms with van der Waals surface area (Å²) in [5.41, 5.74) is 4.66. The van der Waals surface area contributed by atoms with Crippen LogP contribution in [-0.2, 0) is 22.6 Å². The molecular formula is C27H31N5O3. The van der Waals surface area contributed by atoms with E-state index in [4.69, 9.17) is 14.9 Å². The summed E-state index contributed by atoms with van der Waals surface area (Å²) >= 11 is 0. The van der Waals surface area contributed by atoms with Gasteiger partial charge in [-0.3, -0.25) is 15.3 Å². The molecule has 35 heavy (non-hydrogen) atoms. The smallest absolute Gasteiger partial charge is 0.338 e. The quantitative estimate of drug-likeness (QED) is 0.397. The van der Waals surface area contributed by atoms with Crippen LogP contribution in [0.2, 0.25) is 0 Å². The van der Waals surface area contributed by atoms with Crippen LogP contribution in [0.15, 0.2) is 54.7 Å². The van der Waals surface area contributed by atoms with E-state index in [1.54, 1.807) is 19.2 Å². The topological polar surface area (TPSA) is 85.4 Å². The largest absolute Gasteiger partial charge is 0.462 e. The van der Waals surface area contributed by atoms with Gasteiger partial charge >= 0.3 is 5.97 Å². The normalized spacial score (nSPS) is 14.5. The minimum Gasteiger partial charge on any atom is -0.462 e. The van der Waals surface area contributed by atoms with Gasteiger partial charge in [0.2, 0.25) is 5.62 Å². The molecule has 3 heterocycles. The highest BCUT2D eigenvalue weighted by Crippen LogP contribution is 2.21. The van der Waals surface area contributed by atoms with Crippen LogP contribution in [0.1, 0.15) is 29.3 Å². The van der Waals surface area contributed by atoms with Crippen LogP contribution in [0.25, 0.3) is 21.9 Å². The van der Waals surface area contributed by atoms with Crippen molar-refractivity contribution < 1.29 is 14.3 Å². The van der Waals surface area contributed by atoms with Crippen molar-refractivity contribution in [2.75, 3.05) is 39.5 Å². The highest BCUT2D eigenvalue weighted by molar-refractivity contribution is 5.94. The van der Waals surface area contributed by atoms with Crippen molar-refractivity contribution in [1.29, 1.82) is 5.41 Å². The third-order valence-corrected chi connectivity index (χ3v) is 6.58. The molecule has 8 nitrogen and oxygen atoms in total. The van der Waals surface area contributed by atoms with Gasteiger partial charge in [-0.15, -0.1) is 0 Å². The lowest BCUT2D eigenvalue weighted by Crippen LogP contribution is -2.37. The summed E-state index contributed by atoms with van der Waals surface area (Å²) in [6.45, 7) is 7.79. The maximum absolute atomic E-state index is 12.5. The van der Waals surface area contributed by atoms with Gasteiger partial charge in [0, 0.05) is 37.8 Å². The first-order valence-corrected chi connectivity index (χ1v) is 12.2. The lowest BCUT2D eigenvalue weighted by Gasteiger charge is -2.26. The van der Waals surface area contributed by atoms with E-state index in [0.29, 0.717) is 24.3 Å².